The quantitative estimate of drug-likeness (QED) is 0.507. The molecule has 0 aliphatic carbocycles. The minimum absolute atomic E-state index is 0.0306. The maximum Gasteiger partial charge on any atom is 0.422 e. The number of carbonyl (C=O) groups excluding carboxylic acids is 1. The van der Waals surface area contributed by atoms with Gasteiger partial charge in [-0.2, -0.15) is 13.2 Å². The Morgan fingerprint density at radius 2 is 1.94 bits per heavy atom. The maximum absolute atomic E-state index is 12.5. The third kappa shape index (κ3) is 6.48. The number of benzene rings is 1. The number of halogens is 4. The molecule has 0 atom stereocenters. The van der Waals surface area contributed by atoms with Crippen molar-refractivity contribution in [1.29, 1.82) is 0 Å². The lowest BCUT2D eigenvalue weighted by atomic mass is 10.2. The first kappa shape index (κ1) is 23.1. The van der Waals surface area contributed by atoms with E-state index in [1.807, 2.05) is 6.07 Å². The van der Waals surface area contributed by atoms with Gasteiger partial charge in [0.15, 0.2) is 18.1 Å². The molecule has 0 fully saturated rings. The number of anilines is 1. The number of rotatable bonds is 8. The summed E-state index contributed by atoms with van der Waals surface area (Å²) in [5, 5.41) is 2.42. The van der Waals surface area contributed by atoms with Crippen LogP contribution in [0.3, 0.4) is 0 Å². The summed E-state index contributed by atoms with van der Waals surface area (Å²) in [6.45, 7) is -1.31. The maximum atomic E-state index is 12.5. The summed E-state index contributed by atoms with van der Waals surface area (Å²) in [6.07, 6.45) is -0.157. The number of aromatic nitrogens is 2. The van der Waals surface area contributed by atoms with Gasteiger partial charge in [0.05, 0.1) is 12.7 Å². The number of methoxy groups -OCH3 is 1. The first-order chi connectivity index (χ1) is 15.2. The van der Waals surface area contributed by atoms with E-state index in [-0.39, 0.29) is 17.2 Å². The van der Waals surface area contributed by atoms with Crippen molar-refractivity contribution in [2.75, 3.05) is 19.0 Å². The van der Waals surface area contributed by atoms with Gasteiger partial charge in [-0.15, -0.1) is 0 Å². The highest BCUT2D eigenvalue weighted by molar-refractivity contribution is 6.32. The fourth-order valence-corrected chi connectivity index (χ4v) is 2.74. The van der Waals surface area contributed by atoms with E-state index in [0.717, 1.165) is 11.8 Å². The lowest BCUT2D eigenvalue weighted by molar-refractivity contribution is -0.154. The zero-order chi connectivity index (χ0) is 23.1. The Morgan fingerprint density at radius 1 is 1.12 bits per heavy atom. The van der Waals surface area contributed by atoms with Gasteiger partial charge in [-0.05, 0) is 24.3 Å². The lowest BCUT2D eigenvalue weighted by Gasteiger charge is -2.13. The van der Waals surface area contributed by atoms with Gasteiger partial charge in [0.2, 0.25) is 5.88 Å². The molecule has 7 nitrogen and oxygen atoms in total. The highest BCUT2D eigenvalue weighted by Gasteiger charge is 2.29. The molecule has 0 aliphatic rings. The molecule has 1 aromatic carbocycles. The summed E-state index contributed by atoms with van der Waals surface area (Å²) in [7, 11) is 1.49. The van der Waals surface area contributed by atoms with Gasteiger partial charge in [-0.25, -0.2) is 4.98 Å². The van der Waals surface area contributed by atoms with Gasteiger partial charge in [0.1, 0.15) is 11.6 Å². The molecule has 11 heteroatoms. The zero-order valence-electron chi connectivity index (χ0n) is 16.6. The number of hydrogen-bond acceptors (Lipinski definition) is 6. The number of pyridine rings is 2. The second-order valence-corrected chi connectivity index (χ2v) is 6.79. The van der Waals surface area contributed by atoms with Crippen molar-refractivity contribution in [2.24, 2.45) is 0 Å². The molecule has 2 aromatic heterocycles. The minimum Gasteiger partial charge on any atom is -0.493 e. The monoisotopic (exact) mass is 467 g/mol. The number of alkyl halides is 3. The molecule has 2 heterocycles. The van der Waals surface area contributed by atoms with Crippen molar-refractivity contribution in [2.45, 2.75) is 12.8 Å². The van der Waals surface area contributed by atoms with Crippen LogP contribution in [0, 0.1) is 0 Å². The third-order valence-corrected chi connectivity index (χ3v) is 4.25. The molecule has 3 rings (SSSR count). The van der Waals surface area contributed by atoms with Gasteiger partial charge < -0.3 is 19.5 Å². The molecule has 0 unspecified atom stereocenters. The van der Waals surface area contributed by atoms with Gasteiger partial charge >= 0.3 is 6.18 Å². The second-order valence-electron chi connectivity index (χ2n) is 6.38. The van der Waals surface area contributed by atoms with E-state index in [1.165, 1.54) is 13.2 Å². The van der Waals surface area contributed by atoms with E-state index in [2.05, 4.69) is 20.0 Å². The van der Waals surface area contributed by atoms with E-state index in [0.29, 0.717) is 17.2 Å². The van der Waals surface area contributed by atoms with Crippen LogP contribution < -0.4 is 19.5 Å². The van der Waals surface area contributed by atoms with Crippen LogP contribution in [0.25, 0.3) is 0 Å². The van der Waals surface area contributed by atoms with E-state index >= 15 is 0 Å². The fourth-order valence-electron chi connectivity index (χ4n) is 2.52. The number of amides is 1. The van der Waals surface area contributed by atoms with Crippen molar-refractivity contribution >= 4 is 23.2 Å². The van der Waals surface area contributed by atoms with E-state index < -0.39 is 24.6 Å². The Morgan fingerprint density at radius 3 is 2.59 bits per heavy atom. The van der Waals surface area contributed by atoms with Gasteiger partial charge in [0.25, 0.3) is 5.91 Å². The average Bonchev–Trinajstić information content (AvgIpc) is 2.77. The third-order valence-electron chi connectivity index (χ3n) is 3.98. The molecular weight excluding hydrogens is 451 g/mol. The van der Waals surface area contributed by atoms with Crippen LogP contribution in [0.15, 0.2) is 55.0 Å². The predicted molar refractivity (Wildman–Crippen MR) is 110 cm³/mol. The van der Waals surface area contributed by atoms with E-state index in [4.69, 9.17) is 21.1 Å². The van der Waals surface area contributed by atoms with Crippen LogP contribution in [0.4, 0.5) is 18.9 Å². The van der Waals surface area contributed by atoms with Gasteiger partial charge in [0, 0.05) is 35.9 Å². The highest BCUT2D eigenvalue weighted by Crippen LogP contribution is 2.31. The molecular formula is C21H17ClF3N3O4. The summed E-state index contributed by atoms with van der Waals surface area (Å²) >= 11 is 5.89. The Kier molecular flexibility index (Phi) is 7.37. The molecule has 32 heavy (non-hydrogen) atoms. The van der Waals surface area contributed by atoms with E-state index in [1.54, 1.807) is 36.7 Å². The van der Waals surface area contributed by atoms with Crippen LogP contribution >= 0.6 is 11.6 Å². The van der Waals surface area contributed by atoms with Crippen LogP contribution in [-0.4, -0.2) is 35.8 Å². The van der Waals surface area contributed by atoms with Crippen LogP contribution in [0.2, 0.25) is 5.02 Å². The Labute approximate surface area is 186 Å². The fraction of sp³-hybridized carbons (Fsp3) is 0.190. The van der Waals surface area contributed by atoms with E-state index in [9.17, 15) is 18.0 Å². The number of hydrogen-bond donors (Lipinski definition) is 1. The molecule has 1 amide bonds. The van der Waals surface area contributed by atoms with Crippen molar-refractivity contribution < 1.29 is 32.2 Å². The standard InChI is InChI=1S/C21H17ClF3N3O4/c1-30-17-5-4-15(8-18(17)31-11-13-3-2-6-26-9-13)28-19(29)14-7-16(22)20(27-10-14)32-12-21(23,24)25/h2-10H,11-12H2,1H3,(H,28,29). The molecule has 0 saturated carbocycles. The molecule has 0 spiro atoms. The zero-order valence-corrected chi connectivity index (χ0v) is 17.4. The first-order valence-corrected chi connectivity index (χ1v) is 9.49. The summed E-state index contributed by atoms with van der Waals surface area (Å²) in [5.41, 5.74) is 1.27. The summed E-state index contributed by atoms with van der Waals surface area (Å²) in [5.74, 6) is -0.148. The molecule has 0 radical (unpaired) electrons. The van der Waals surface area contributed by atoms with Crippen LogP contribution in [0.5, 0.6) is 17.4 Å². The Bertz CT molecular complexity index is 1080. The van der Waals surface area contributed by atoms with Crippen molar-refractivity contribution in [1.82, 2.24) is 9.97 Å². The van der Waals surface area contributed by atoms with Crippen LogP contribution in [-0.2, 0) is 6.61 Å². The van der Waals surface area contributed by atoms with Crippen molar-refractivity contribution in [3.8, 4) is 17.4 Å². The van der Waals surface area contributed by atoms with Gasteiger partial charge in [-0.1, -0.05) is 17.7 Å². The summed E-state index contributed by atoms with van der Waals surface area (Å²) in [4.78, 5) is 20.2. The summed E-state index contributed by atoms with van der Waals surface area (Å²) in [6, 6.07) is 9.59. The first-order valence-electron chi connectivity index (χ1n) is 9.11. The molecule has 168 valence electrons. The lowest BCUT2D eigenvalue weighted by Crippen LogP contribution is -2.20. The number of ether oxygens (including phenoxy) is 3. The Hall–Kier alpha value is -3.53. The minimum atomic E-state index is -4.54. The smallest absolute Gasteiger partial charge is 0.422 e. The average molecular weight is 468 g/mol. The van der Waals surface area contributed by atoms with Crippen LogP contribution in [0.1, 0.15) is 15.9 Å². The number of nitrogens with one attached hydrogen (secondary N) is 1. The van der Waals surface area contributed by atoms with Crippen molar-refractivity contribution in [3.05, 3.63) is 71.1 Å². The Balaban J connectivity index is 1.69. The van der Waals surface area contributed by atoms with Crippen molar-refractivity contribution in [3.63, 3.8) is 0 Å². The normalized spacial score (nSPS) is 11.0. The molecule has 3 aromatic rings. The largest absolute Gasteiger partial charge is 0.493 e. The second kappa shape index (κ2) is 10.2. The molecule has 0 saturated heterocycles. The highest BCUT2D eigenvalue weighted by atomic mass is 35.5. The SMILES string of the molecule is COc1ccc(NC(=O)c2cnc(OCC(F)(F)F)c(Cl)c2)cc1OCc1cccnc1. The molecule has 0 aliphatic heterocycles. The predicted octanol–water partition coefficient (Wildman–Crippen LogP) is 4.91. The van der Waals surface area contributed by atoms with Gasteiger partial charge in [-0.3, -0.25) is 9.78 Å². The molecule has 0 bridgehead atoms. The summed E-state index contributed by atoms with van der Waals surface area (Å²) < 4.78 is 52.4. The number of carbonyl (C=O) groups is 1. The molecule has 1 N–H and O–H groups in total. The topological polar surface area (TPSA) is 82.6 Å². The number of nitrogens with zero attached hydrogens (tertiary/aromatic N) is 2.